The third-order valence-corrected chi connectivity index (χ3v) is 5.62. The molecule has 5 nitrogen and oxygen atoms in total. The van der Waals surface area contributed by atoms with Crippen molar-refractivity contribution < 1.29 is 4.39 Å². The Bertz CT molecular complexity index is 797. The van der Waals surface area contributed by atoms with Crippen LogP contribution in [0.4, 0.5) is 4.39 Å². The van der Waals surface area contributed by atoms with E-state index in [9.17, 15) is 9.18 Å². The first-order valence-electron chi connectivity index (χ1n) is 8.98. The van der Waals surface area contributed by atoms with E-state index >= 15 is 0 Å². The number of piperidine rings is 2. The van der Waals surface area contributed by atoms with Gasteiger partial charge < -0.3 is 10.6 Å². The number of halogens is 1. The lowest BCUT2D eigenvalue weighted by atomic mass is 9.89. The lowest BCUT2D eigenvalue weighted by Gasteiger charge is -2.25. The monoisotopic (exact) mass is 332 g/mol. The minimum Gasteiger partial charge on any atom is -0.317 e. The standard InChI is InChI=1S/C18H25FN4O/c1-22-16-9-14(12-4-7-20-8-5-12)15(19)10-17(16)23(18(22)24)13-3-2-6-21-11-13/h9-10,12-13,20-21H,2-8,11H2,1H3. The molecule has 2 fully saturated rings. The van der Waals surface area contributed by atoms with Gasteiger partial charge in [-0.2, -0.15) is 0 Å². The molecular weight excluding hydrogens is 307 g/mol. The number of nitrogens with one attached hydrogen (secondary N) is 2. The molecule has 2 aliphatic rings. The van der Waals surface area contributed by atoms with E-state index in [1.165, 1.54) is 0 Å². The van der Waals surface area contributed by atoms with Crippen LogP contribution in [-0.4, -0.2) is 35.3 Å². The molecule has 0 saturated carbocycles. The molecule has 6 heteroatoms. The zero-order valence-electron chi connectivity index (χ0n) is 14.1. The third kappa shape index (κ3) is 2.58. The second kappa shape index (κ2) is 6.33. The maximum Gasteiger partial charge on any atom is 0.329 e. The summed E-state index contributed by atoms with van der Waals surface area (Å²) in [6.45, 7) is 3.62. The van der Waals surface area contributed by atoms with E-state index in [1.807, 2.05) is 6.07 Å². The lowest BCUT2D eigenvalue weighted by molar-refractivity contribution is 0.369. The van der Waals surface area contributed by atoms with Crippen molar-refractivity contribution in [3.8, 4) is 0 Å². The summed E-state index contributed by atoms with van der Waals surface area (Å²) >= 11 is 0. The maximum atomic E-state index is 14.8. The van der Waals surface area contributed by atoms with Crippen LogP contribution in [0.15, 0.2) is 16.9 Å². The molecule has 1 atom stereocenters. The van der Waals surface area contributed by atoms with Crippen LogP contribution in [0.1, 0.15) is 43.2 Å². The maximum absolute atomic E-state index is 14.8. The van der Waals surface area contributed by atoms with Gasteiger partial charge in [0.1, 0.15) is 5.82 Å². The van der Waals surface area contributed by atoms with Crippen LogP contribution in [0.25, 0.3) is 11.0 Å². The highest BCUT2D eigenvalue weighted by molar-refractivity contribution is 5.77. The normalized spacial score (nSPS) is 23.0. The molecule has 0 radical (unpaired) electrons. The Morgan fingerprint density at radius 1 is 1.08 bits per heavy atom. The van der Waals surface area contributed by atoms with Crippen molar-refractivity contribution in [2.24, 2.45) is 7.05 Å². The number of hydrogen-bond donors (Lipinski definition) is 2. The number of benzene rings is 1. The van der Waals surface area contributed by atoms with Gasteiger partial charge >= 0.3 is 5.69 Å². The van der Waals surface area contributed by atoms with Crippen molar-refractivity contribution in [2.75, 3.05) is 26.2 Å². The Morgan fingerprint density at radius 3 is 2.58 bits per heavy atom. The van der Waals surface area contributed by atoms with Crippen molar-refractivity contribution in [1.82, 2.24) is 19.8 Å². The van der Waals surface area contributed by atoms with E-state index < -0.39 is 0 Å². The fourth-order valence-corrected chi connectivity index (χ4v) is 4.25. The Kier molecular flexibility index (Phi) is 4.18. The smallest absolute Gasteiger partial charge is 0.317 e. The van der Waals surface area contributed by atoms with E-state index in [1.54, 1.807) is 22.2 Å². The van der Waals surface area contributed by atoms with E-state index in [0.29, 0.717) is 0 Å². The Hall–Kier alpha value is -1.66. The van der Waals surface area contributed by atoms with E-state index in [4.69, 9.17) is 0 Å². The number of nitrogens with zero attached hydrogens (tertiary/aromatic N) is 2. The number of rotatable bonds is 2. The molecule has 24 heavy (non-hydrogen) atoms. The summed E-state index contributed by atoms with van der Waals surface area (Å²) in [5.74, 6) is 0.0722. The molecule has 1 aromatic carbocycles. The van der Waals surface area contributed by atoms with Crippen LogP contribution in [0.3, 0.4) is 0 Å². The van der Waals surface area contributed by atoms with Crippen LogP contribution >= 0.6 is 0 Å². The molecule has 2 aromatic rings. The molecule has 4 rings (SSSR count). The molecule has 2 aliphatic heterocycles. The second-order valence-electron chi connectivity index (χ2n) is 7.10. The average Bonchev–Trinajstić information content (AvgIpc) is 2.86. The minimum atomic E-state index is -0.169. The Balaban J connectivity index is 1.83. The summed E-state index contributed by atoms with van der Waals surface area (Å²) in [5, 5.41) is 6.66. The summed E-state index contributed by atoms with van der Waals surface area (Å²) in [7, 11) is 1.79. The lowest BCUT2D eigenvalue weighted by Crippen LogP contribution is -2.36. The number of hydrogen-bond acceptors (Lipinski definition) is 3. The van der Waals surface area contributed by atoms with Gasteiger partial charge in [0.15, 0.2) is 0 Å². The number of aryl methyl sites for hydroxylation is 1. The second-order valence-corrected chi connectivity index (χ2v) is 7.10. The van der Waals surface area contributed by atoms with Crippen LogP contribution < -0.4 is 16.3 Å². The van der Waals surface area contributed by atoms with Gasteiger partial charge in [0.25, 0.3) is 0 Å². The molecule has 2 N–H and O–H groups in total. The highest BCUT2D eigenvalue weighted by Crippen LogP contribution is 2.31. The van der Waals surface area contributed by atoms with E-state index in [2.05, 4.69) is 10.6 Å². The molecular formula is C18H25FN4O. The molecule has 1 unspecified atom stereocenters. The number of fused-ring (bicyclic) bond motifs is 1. The molecule has 1 aromatic heterocycles. The molecule has 0 amide bonds. The van der Waals surface area contributed by atoms with Crippen LogP contribution in [0.2, 0.25) is 0 Å². The summed E-state index contributed by atoms with van der Waals surface area (Å²) in [6, 6.07) is 3.61. The van der Waals surface area contributed by atoms with Crippen LogP contribution in [0, 0.1) is 5.82 Å². The first-order chi connectivity index (χ1) is 11.7. The average molecular weight is 332 g/mol. The zero-order valence-corrected chi connectivity index (χ0v) is 14.1. The van der Waals surface area contributed by atoms with Crippen molar-refractivity contribution in [3.05, 3.63) is 34.0 Å². The van der Waals surface area contributed by atoms with Gasteiger partial charge in [-0.25, -0.2) is 9.18 Å². The summed E-state index contributed by atoms with van der Waals surface area (Å²) in [6.07, 6.45) is 3.90. The molecule has 0 bridgehead atoms. The fraction of sp³-hybridized carbons (Fsp3) is 0.611. The minimum absolute atomic E-state index is 0.0411. The highest BCUT2D eigenvalue weighted by atomic mass is 19.1. The molecule has 2 saturated heterocycles. The van der Waals surface area contributed by atoms with Gasteiger partial charge in [-0.3, -0.25) is 9.13 Å². The predicted octanol–water partition coefficient (Wildman–Crippen LogP) is 1.87. The van der Waals surface area contributed by atoms with E-state index in [0.717, 1.165) is 68.5 Å². The summed E-state index contributed by atoms with van der Waals surface area (Å²) in [4.78, 5) is 12.8. The van der Waals surface area contributed by atoms with Crippen molar-refractivity contribution in [3.63, 3.8) is 0 Å². The number of imidazole rings is 1. The van der Waals surface area contributed by atoms with E-state index in [-0.39, 0.29) is 23.5 Å². The highest BCUT2D eigenvalue weighted by Gasteiger charge is 2.25. The molecule has 0 aliphatic carbocycles. The first kappa shape index (κ1) is 15.8. The van der Waals surface area contributed by atoms with Gasteiger partial charge in [0.2, 0.25) is 0 Å². The summed E-state index contributed by atoms with van der Waals surface area (Å²) in [5.41, 5.74) is 2.30. The number of aromatic nitrogens is 2. The predicted molar refractivity (Wildman–Crippen MR) is 93.1 cm³/mol. The quantitative estimate of drug-likeness (QED) is 0.883. The van der Waals surface area contributed by atoms with Crippen LogP contribution in [-0.2, 0) is 7.05 Å². The largest absolute Gasteiger partial charge is 0.329 e. The topological polar surface area (TPSA) is 51.0 Å². The molecule has 130 valence electrons. The van der Waals surface area contributed by atoms with Gasteiger partial charge in [-0.1, -0.05) is 0 Å². The van der Waals surface area contributed by atoms with Crippen molar-refractivity contribution in [2.45, 2.75) is 37.6 Å². The van der Waals surface area contributed by atoms with Gasteiger partial charge in [-0.05, 0) is 62.9 Å². The van der Waals surface area contributed by atoms with Gasteiger partial charge in [0, 0.05) is 19.7 Å². The Morgan fingerprint density at radius 2 is 1.88 bits per heavy atom. The van der Waals surface area contributed by atoms with Crippen molar-refractivity contribution in [1.29, 1.82) is 0 Å². The van der Waals surface area contributed by atoms with Gasteiger partial charge in [-0.15, -0.1) is 0 Å². The SMILES string of the molecule is Cn1c(=O)n(C2CCCNC2)c2cc(F)c(C3CCNCC3)cc21. The van der Waals surface area contributed by atoms with Crippen LogP contribution in [0.5, 0.6) is 0 Å². The Labute approximate surface area is 140 Å². The third-order valence-electron chi connectivity index (χ3n) is 5.62. The molecule has 3 heterocycles. The summed E-state index contributed by atoms with van der Waals surface area (Å²) < 4.78 is 18.3. The van der Waals surface area contributed by atoms with Gasteiger partial charge in [0.05, 0.1) is 17.1 Å². The zero-order chi connectivity index (χ0) is 16.7. The first-order valence-corrected chi connectivity index (χ1v) is 8.98. The fourth-order valence-electron chi connectivity index (χ4n) is 4.25. The van der Waals surface area contributed by atoms with Crippen molar-refractivity contribution >= 4 is 11.0 Å². The molecule has 0 spiro atoms.